The molecule has 0 atom stereocenters. The summed E-state index contributed by atoms with van der Waals surface area (Å²) in [6.45, 7) is 6.88. The molecule has 9 heteroatoms. The minimum atomic E-state index is -0.670. The van der Waals surface area contributed by atoms with Crippen molar-refractivity contribution < 1.29 is 14.3 Å². The third kappa shape index (κ3) is 4.12. The number of anilines is 1. The Kier molecular flexibility index (Phi) is 5.35. The highest BCUT2D eigenvalue weighted by Crippen LogP contribution is 2.37. The quantitative estimate of drug-likeness (QED) is 0.793. The number of nitriles is 1. The minimum absolute atomic E-state index is 0.0590. The molecule has 3 N–H and O–H groups in total. The van der Waals surface area contributed by atoms with Gasteiger partial charge >= 0.3 is 6.09 Å². The predicted molar refractivity (Wildman–Crippen MR) is 103 cm³/mol. The minimum Gasteiger partial charge on any atom is -0.443 e. The molecule has 2 fully saturated rings. The van der Waals surface area contributed by atoms with Gasteiger partial charge in [-0.3, -0.25) is 14.4 Å². The van der Waals surface area contributed by atoms with Crippen LogP contribution >= 0.6 is 0 Å². The molecule has 0 radical (unpaired) electrons. The van der Waals surface area contributed by atoms with Gasteiger partial charge in [-0.2, -0.15) is 10.4 Å². The van der Waals surface area contributed by atoms with Gasteiger partial charge in [-0.15, -0.1) is 0 Å². The van der Waals surface area contributed by atoms with Crippen molar-refractivity contribution in [2.24, 2.45) is 5.73 Å². The fourth-order valence-electron chi connectivity index (χ4n) is 3.54. The Morgan fingerprint density at radius 1 is 1.43 bits per heavy atom. The molecular weight excluding hydrogens is 360 g/mol. The lowest BCUT2D eigenvalue weighted by Crippen LogP contribution is -2.44. The van der Waals surface area contributed by atoms with E-state index in [-0.39, 0.29) is 23.8 Å². The molecule has 2 heterocycles. The van der Waals surface area contributed by atoms with Gasteiger partial charge in [-0.25, -0.2) is 4.79 Å². The fourth-order valence-corrected chi connectivity index (χ4v) is 3.54. The molecule has 1 saturated carbocycles. The Morgan fingerprint density at radius 3 is 2.57 bits per heavy atom. The van der Waals surface area contributed by atoms with Gasteiger partial charge in [0.05, 0.1) is 18.0 Å². The van der Waals surface area contributed by atoms with Gasteiger partial charge in [0.2, 0.25) is 0 Å². The average molecular weight is 388 g/mol. The van der Waals surface area contributed by atoms with Crippen LogP contribution in [0.15, 0.2) is 6.20 Å². The van der Waals surface area contributed by atoms with Crippen LogP contribution in [0.25, 0.3) is 0 Å². The lowest BCUT2D eigenvalue weighted by Gasteiger charge is -2.36. The first-order valence-corrected chi connectivity index (χ1v) is 9.67. The number of nitrogens with zero attached hydrogens (tertiary/aromatic N) is 4. The van der Waals surface area contributed by atoms with Gasteiger partial charge in [0.25, 0.3) is 5.91 Å². The number of aromatic nitrogens is 2. The first-order chi connectivity index (χ1) is 13.2. The first kappa shape index (κ1) is 20.1. The topological polar surface area (TPSA) is 126 Å². The molecule has 1 saturated heterocycles. The molecule has 1 aromatic rings. The number of hydrogen-bond acceptors (Lipinski definition) is 6. The summed E-state index contributed by atoms with van der Waals surface area (Å²) >= 11 is 0. The maximum absolute atomic E-state index is 12.8. The smallest absolute Gasteiger partial charge is 0.416 e. The van der Waals surface area contributed by atoms with Crippen molar-refractivity contribution in [1.29, 1.82) is 5.26 Å². The van der Waals surface area contributed by atoms with Crippen LogP contribution in [0.2, 0.25) is 0 Å². The van der Waals surface area contributed by atoms with Crippen LogP contribution in [-0.2, 0) is 10.3 Å². The van der Waals surface area contributed by atoms with Gasteiger partial charge in [0.15, 0.2) is 5.82 Å². The number of carbonyl (C=O) groups excluding carboxylic acids is 2. The number of ether oxygens (including phenoxy) is 1. The molecular formula is C19H28N6O3. The van der Waals surface area contributed by atoms with E-state index >= 15 is 0 Å². The second-order valence-corrected chi connectivity index (χ2v) is 8.57. The summed E-state index contributed by atoms with van der Waals surface area (Å²) < 4.78 is 7.21. The van der Waals surface area contributed by atoms with Crippen LogP contribution in [0.3, 0.4) is 0 Å². The molecule has 3 rings (SSSR count). The van der Waals surface area contributed by atoms with Crippen LogP contribution in [0, 0.1) is 11.3 Å². The maximum Gasteiger partial charge on any atom is 0.416 e. The average Bonchev–Trinajstić information content (AvgIpc) is 3.31. The van der Waals surface area contributed by atoms with E-state index in [1.54, 1.807) is 31.6 Å². The second-order valence-electron chi connectivity index (χ2n) is 8.57. The number of carbonyl (C=O) groups is 2. The molecule has 0 unspecified atom stereocenters. The number of primary amides is 1. The van der Waals surface area contributed by atoms with Crippen LogP contribution in [0.1, 0.15) is 63.2 Å². The zero-order chi connectivity index (χ0) is 20.5. The van der Waals surface area contributed by atoms with E-state index in [2.05, 4.69) is 16.5 Å². The monoisotopic (exact) mass is 388 g/mol. The van der Waals surface area contributed by atoms with Crippen molar-refractivity contribution >= 4 is 17.8 Å². The fraction of sp³-hybridized carbons (Fsp3) is 0.684. The van der Waals surface area contributed by atoms with Crippen molar-refractivity contribution in [3.63, 3.8) is 0 Å². The van der Waals surface area contributed by atoms with Crippen molar-refractivity contribution in [1.82, 2.24) is 15.1 Å². The summed E-state index contributed by atoms with van der Waals surface area (Å²) in [6.07, 6.45) is 4.35. The molecule has 1 aliphatic carbocycles. The third-order valence-corrected chi connectivity index (χ3v) is 5.12. The van der Waals surface area contributed by atoms with E-state index in [1.165, 1.54) is 4.90 Å². The molecule has 1 aliphatic heterocycles. The number of piperidine rings is 1. The third-order valence-electron chi connectivity index (χ3n) is 5.12. The molecule has 2 amide bonds. The van der Waals surface area contributed by atoms with E-state index in [1.807, 2.05) is 0 Å². The first-order valence-electron chi connectivity index (χ1n) is 9.67. The Hall–Kier alpha value is -2.60. The van der Waals surface area contributed by atoms with E-state index < -0.39 is 23.1 Å². The standard InChI is InChI=1S/C19H28N6O3/c1-18(2,3)28-17(27)25(13-4-5-13)16-14(15(21)26)12-24(23-16)19(6-9-20)7-10-22-11-8-19/h12-13,22H,4-8,10-11H2,1-3H3,(H2,21,26). The largest absolute Gasteiger partial charge is 0.443 e. The highest BCUT2D eigenvalue weighted by Gasteiger charge is 2.42. The predicted octanol–water partition coefficient (Wildman–Crippen LogP) is 1.88. The lowest BCUT2D eigenvalue weighted by atomic mass is 9.86. The van der Waals surface area contributed by atoms with Crippen LogP contribution in [-0.4, -0.2) is 46.5 Å². The van der Waals surface area contributed by atoms with Crippen LogP contribution in [0.5, 0.6) is 0 Å². The zero-order valence-corrected chi connectivity index (χ0v) is 16.7. The van der Waals surface area contributed by atoms with E-state index in [4.69, 9.17) is 10.5 Å². The SMILES string of the molecule is CC(C)(C)OC(=O)N(c1nn(C2(CC#N)CCNCC2)cc1C(N)=O)C1CC1. The van der Waals surface area contributed by atoms with Crippen LogP contribution in [0.4, 0.5) is 10.6 Å². The van der Waals surface area contributed by atoms with E-state index in [9.17, 15) is 14.9 Å². The van der Waals surface area contributed by atoms with Gasteiger partial charge in [-0.1, -0.05) is 0 Å². The second kappa shape index (κ2) is 7.43. The van der Waals surface area contributed by atoms with E-state index in [0.29, 0.717) is 12.8 Å². The van der Waals surface area contributed by atoms with E-state index in [0.717, 1.165) is 25.9 Å². The summed E-state index contributed by atoms with van der Waals surface area (Å²) in [5, 5.41) is 17.3. The number of rotatable bonds is 5. The highest BCUT2D eigenvalue weighted by molar-refractivity contribution is 6.01. The summed E-state index contributed by atoms with van der Waals surface area (Å²) in [5.41, 5.74) is 4.59. The lowest BCUT2D eigenvalue weighted by molar-refractivity contribution is 0.0575. The van der Waals surface area contributed by atoms with Crippen molar-refractivity contribution in [2.75, 3.05) is 18.0 Å². The summed E-state index contributed by atoms with van der Waals surface area (Å²) in [5.74, 6) is -0.434. The van der Waals surface area contributed by atoms with Crippen LogP contribution < -0.4 is 16.0 Å². The number of amides is 2. The molecule has 28 heavy (non-hydrogen) atoms. The summed E-state index contributed by atoms with van der Waals surface area (Å²) in [6, 6.07) is 2.18. The summed E-state index contributed by atoms with van der Waals surface area (Å²) in [7, 11) is 0. The number of nitrogens with one attached hydrogen (secondary N) is 1. The van der Waals surface area contributed by atoms with Crippen molar-refractivity contribution in [2.45, 2.75) is 70.1 Å². The van der Waals surface area contributed by atoms with Gasteiger partial charge in [0, 0.05) is 12.2 Å². The number of nitrogens with two attached hydrogens (primary N) is 1. The molecule has 0 bridgehead atoms. The molecule has 0 spiro atoms. The van der Waals surface area contributed by atoms with Crippen molar-refractivity contribution in [3.05, 3.63) is 11.8 Å². The normalized spacial score (nSPS) is 18.9. The Labute approximate surface area is 164 Å². The molecule has 1 aromatic heterocycles. The highest BCUT2D eigenvalue weighted by atomic mass is 16.6. The zero-order valence-electron chi connectivity index (χ0n) is 16.7. The van der Waals surface area contributed by atoms with Gasteiger partial charge in [-0.05, 0) is 59.5 Å². The Bertz CT molecular complexity index is 794. The van der Waals surface area contributed by atoms with Gasteiger partial charge < -0.3 is 15.8 Å². The maximum atomic E-state index is 12.8. The molecule has 9 nitrogen and oxygen atoms in total. The molecule has 152 valence electrons. The van der Waals surface area contributed by atoms with Crippen molar-refractivity contribution in [3.8, 4) is 6.07 Å². The Balaban J connectivity index is 2.03. The molecule has 0 aromatic carbocycles. The Morgan fingerprint density at radius 2 is 2.07 bits per heavy atom. The van der Waals surface area contributed by atoms with Gasteiger partial charge in [0.1, 0.15) is 11.2 Å². The molecule has 2 aliphatic rings. The summed E-state index contributed by atoms with van der Waals surface area (Å²) in [4.78, 5) is 26.4. The number of hydrogen-bond donors (Lipinski definition) is 2.